The smallest absolute Gasteiger partial charge is 0.133 e. The van der Waals surface area contributed by atoms with E-state index in [-0.39, 0.29) is 44.9 Å². The Morgan fingerprint density at radius 1 is 1.05 bits per heavy atom. The summed E-state index contributed by atoms with van der Waals surface area (Å²) in [5.74, 6) is 0.972. The minimum absolute atomic E-state index is 0. The second-order valence-corrected chi connectivity index (χ2v) is 4.11. The summed E-state index contributed by atoms with van der Waals surface area (Å²) in [6.07, 6.45) is 1.85. The zero-order valence-corrected chi connectivity index (χ0v) is 15.0. The lowest BCUT2D eigenvalue weighted by Gasteiger charge is -2.12. The van der Waals surface area contributed by atoms with Crippen molar-refractivity contribution in [2.24, 2.45) is 0 Å². The number of hydrogen-bond donors (Lipinski definition) is 1. The fraction of sp³-hybridized carbons (Fsp3) is 0.308. The molecule has 0 radical (unpaired) electrons. The van der Waals surface area contributed by atoms with Crippen LogP contribution in [0.5, 0.6) is 0 Å². The molecule has 2 rings (SSSR count). The summed E-state index contributed by atoms with van der Waals surface area (Å²) in [7, 11) is 4.14. The number of likely N-dealkylation sites (N-methyl/N-ethyl adjacent to an activating group) is 1. The summed E-state index contributed by atoms with van der Waals surface area (Å²) in [6, 6.07) is 10.3. The number of benzene rings is 1. The lowest BCUT2D eigenvalue weighted by atomic mass is 10.1. The van der Waals surface area contributed by atoms with Crippen LogP contribution in [0.1, 0.15) is 0 Å². The first-order valence-corrected chi connectivity index (χ1v) is 5.50. The topological polar surface area (TPSA) is 91.2 Å². The Bertz CT molecular complexity index is 479. The van der Waals surface area contributed by atoms with Crippen LogP contribution in [-0.2, 0) is 0 Å². The summed E-state index contributed by atoms with van der Waals surface area (Å²) >= 11 is 0. The monoisotopic (exact) mass is 411 g/mol. The van der Waals surface area contributed by atoms with Crippen molar-refractivity contribution in [1.29, 1.82) is 0 Å². The van der Waals surface area contributed by atoms with Crippen molar-refractivity contribution in [3.63, 3.8) is 0 Å². The van der Waals surface area contributed by atoms with Gasteiger partial charge < -0.3 is 21.2 Å². The van der Waals surface area contributed by atoms with E-state index in [9.17, 15) is 0 Å². The van der Waals surface area contributed by atoms with E-state index in [1.165, 1.54) is 10.8 Å². The quantitative estimate of drug-likeness (QED) is 0.828. The molecule has 2 aromatic rings. The van der Waals surface area contributed by atoms with E-state index >= 15 is 0 Å². The molecule has 0 aliphatic rings. The molecular formula is C13H23Br2N3O2. The van der Waals surface area contributed by atoms with E-state index in [1.54, 1.807) is 0 Å². The van der Waals surface area contributed by atoms with E-state index in [0.717, 1.165) is 18.9 Å². The molecule has 116 valence electrons. The molecule has 1 aromatic heterocycles. The Morgan fingerprint density at radius 2 is 1.70 bits per heavy atom. The van der Waals surface area contributed by atoms with Crippen molar-refractivity contribution >= 4 is 50.6 Å². The van der Waals surface area contributed by atoms with Crippen molar-refractivity contribution in [1.82, 2.24) is 9.88 Å². The van der Waals surface area contributed by atoms with Crippen LogP contribution in [0.4, 0.5) is 5.82 Å². The van der Waals surface area contributed by atoms with Crippen molar-refractivity contribution in [3.05, 3.63) is 36.5 Å². The molecule has 7 heteroatoms. The van der Waals surface area contributed by atoms with Crippen LogP contribution in [0.2, 0.25) is 0 Å². The highest BCUT2D eigenvalue weighted by atomic mass is 79.9. The normalized spacial score (nSPS) is 8.75. The lowest BCUT2D eigenvalue weighted by Crippen LogP contribution is -2.21. The first-order valence-electron chi connectivity index (χ1n) is 5.50. The van der Waals surface area contributed by atoms with Crippen LogP contribution < -0.4 is 5.32 Å². The number of fused-ring (bicyclic) bond motifs is 1. The van der Waals surface area contributed by atoms with E-state index < -0.39 is 0 Å². The summed E-state index contributed by atoms with van der Waals surface area (Å²) in [5, 5.41) is 5.78. The van der Waals surface area contributed by atoms with Gasteiger partial charge in [-0.05, 0) is 25.5 Å². The largest absolute Gasteiger partial charge is 0.412 e. The number of pyridine rings is 1. The number of hydrogen-bond acceptors (Lipinski definition) is 3. The van der Waals surface area contributed by atoms with Gasteiger partial charge in [0.25, 0.3) is 0 Å². The van der Waals surface area contributed by atoms with Gasteiger partial charge in [-0.25, -0.2) is 4.98 Å². The van der Waals surface area contributed by atoms with Crippen LogP contribution >= 0.6 is 34.0 Å². The maximum atomic E-state index is 4.37. The fourth-order valence-electron chi connectivity index (χ4n) is 1.66. The lowest BCUT2D eigenvalue weighted by molar-refractivity contribution is 0.425. The predicted octanol–water partition coefficient (Wildman–Crippen LogP) is 1.71. The van der Waals surface area contributed by atoms with E-state index in [1.807, 2.05) is 24.4 Å². The van der Waals surface area contributed by atoms with Crippen LogP contribution in [0, 0.1) is 0 Å². The van der Waals surface area contributed by atoms with Crippen LogP contribution in [-0.4, -0.2) is 48.0 Å². The van der Waals surface area contributed by atoms with Gasteiger partial charge in [0, 0.05) is 24.7 Å². The maximum Gasteiger partial charge on any atom is 0.133 e. The van der Waals surface area contributed by atoms with Crippen LogP contribution in [0.25, 0.3) is 10.8 Å². The molecule has 0 spiro atoms. The molecule has 0 fully saturated rings. The molecule has 0 amide bonds. The minimum atomic E-state index is 0. The molecule has 0 saturated heterocycles. The molecule has 5 nitrogen and oxygen atoms in total. The average molecular weight is 413 g/mol. The summed E-state index contributed by atoms with van der Waals surface area (Å²) in [6.45, 7) is 1.92. The Morgan fingerprint density at radius 3 is 2.35 bits per heavy atom. The third kappa shape index (κ3) is 6.62. The number of rotatable bonds is 4. The van der Waals surface area contributed by atoms with Crippen molar-refractivity contribution in [2.45, 2.75) is 0 Å². The second kappa shape index (κ2) is 12.0. The van der Waals surface area contributed by atoms with Gasteiger partial charge in [0.15, 0.2) is 0 Å². The van der Waals surface area contributed by atoms with Crippen LogP contribution in [0.3, 0.4) is 0 Å². The molecule has 0 atom stereocenters. The first-order chi connectivity index (χ1) is 7.77. The van der Waals surface area contributed by atoms with Crippen molar-refractivity contribution in [3.8, 4) is 0 Å². The van der Waals surface area contributed by atoms with Crippen molar-refractivity contribution < 1.29 is 11.0 Å². The molecule has 1 aromatic carbocycles. The molecule has 0 aliphatic carbocycles. The van der Waals surface area contributed by atoms with Gasteiger partial charge in [0.1, 0.15) is 5.82 Å². The Hall–Kier alpha value is -0.730. The van der Waals surface area contributed by atoms with Gasteiger partial charge in [0.05, 0.1) is 0 Å². The highest BCUT2D eigenvalue weighted by Gasteiger charge is 2.00. The molecule has 0 unspecified atom stereocenters. The van der Waals surface area contributed by atoms with Gasteiger partial charge in [-0.1, -0.05) is 24.3 Å². The standard InChI is InChI=1S/C13H17N3.2BrH.2H2O/c1-16(2)10-9-15-13-12-6-4-3-5-11(12)7-8-14-13;;;;/h3-8H,9-10H2,1-2H3,(H,14,15);2*1H;2*1H2. The van der Waals surface area contributed by atoms with Crippen molar-refractivity contribution in [2.75, 3.05) is 32.5 Å². The van der Waals surface area contributed by atoms with E-state index in [4.69, 9.17) is 0 Å². The number of aromatic nitrogens is 1. The SMILES string of the molecule is Br.Br.CN(C)CCNc1nccc2ccccc12.O.O. The van der Waals surface area contributed by atoms with Gasteiger partial charge in [0.2, 0.25) is 0 Å². The zero-order chi connectivity index (χ0) is 11.4. The third-order valence-electron chi connectivity index (χ3n) is 2.53. The summed E-state index contributed by atoms with van der Waals surface area (Å²) in [5.41, 5.74) is 0. The average Bonchev–Trinajstić information content (AvgIpc) is 2.29. The Balaban J connectivity index is -0.000000722. The van der Waals surface area contributed by atoms with E-state index in [0.29, 0.717) is 0 Å². The number of nitrogens with zero attached hydrogens (tertiary/aromatic N) is 2. The molecular weight excluding hydrogens is 390 g/mol. The van der Waals surface area contributed by atoms with Gasteiger partial charge >= 0.3 is 0 Å². The van der Waals surface area contributed by atoms with Gasteiger partial charge in [-0.2, -0.15) is 0 Å². The van der Waals surface area contributed by atoms with Crippen LogP contribution in [0.15, 0.2) is 36.5 Å². The zero-order valence-electron chi connectivity index (χ0n) is 11.6. The highest BCUT2D eigenvalue weighted by Crippen LogP contribution is 2.19. The third-order valence-corrected chi connectivity index (χ3v) is 2.53. The minimum Gasteiger partial charge on any atom is -0.412 e. The summed E-state index contributed by atoms with van der Waals surface area (Å²) in [4.78, 5) is 6.53. The maximum absolute atomic E-state index is 4.37. The predicted molar refractivity (Wildman–Crippen MR) is 96.7 cm³/mol. The Kier molecular flexibility index (Phi) is 14.6. The highest BCUT2D eigenvalue weighted by molar-refractivity contribution is 8.93. The molecule has 5 N–H and O–H groups in total. The molecule has 0 aliphatic heterocycles. The second-order valence-electron chi connectivity index (χ2n) is 4.11. The molecule has 0 bridgehead atoms. The number of nitrogens with one attached hydrogen (secondary N) is 1. The summed E-state index contributed by atoms with van der Waals surface area (Å²) < 4.78 is 0. The van der Waals surface area contributed by atoms with E-state index in [2.05, 4.69) is 41.4 Å². The molecule has 1 heterocycles. The molecule has 0 saturated carbocycles. The Labute approximate surface area is 140 Å². The van der Waals surface area contributed by atoms with Gasteiger partial charge in [-0.3, -0.25) is 0 Å². The number of anilines is 1. The van der Waals surface area contributed by atoms with Gasteiger partial charge in [-0.15, -0.1) is 34.0 Å². The molecule has 20 heavy (non-hydrogen) atoms. The first kappa shape index (κ1) is 24.3. The number of halogens is 2. The fourth-order valence-corrected chi connectivity index (χ4v) is 1.66.